The fraction of sp³-hybridized carbons (Fsp3) is 0.115. The predicted octanol–water partition coefficient (Wildman–Crippen LogP) is 5.34. The first-order valence-electron chi connectivity index (χ1n) is 10.2. The normalized spacial score (nSPS) is 11.6. The molecule has 0 aliphatic rings. The maximum atomic E-state index is 12.7. The molecule has 4 aromatic rings. The highest BCUT2D eigenvalue weighted by atomic mass is 32.2. The summed E-state index contributed by atoms with van der Waals surface area (Å²) in [6.45, 7) is 0. The van der Waals surface area contributed by atoms with Crippen LogP contribution in [0.1, 0.15) is 17.2 Å². The van der Waals surface area contributed by atoms with Crippen LogP contribution >= 0.6 is 11.8 Å². The van der Waals surface area contributed by atoms with Gasteiger partial charge < -0.3 is 5.32 Å². The van der Waals surface area contributed by atoms with Crippen LogP contribution in [0.25, 0.3) is 11.3 Å². The van der Waals surface area contributed by atoms with E-state index in [0.29, 0.717) is 0 Å². The van der Waals surface area contributed by atoms with Crippen LogP contribution in [0.4, 0.5) is 0 Å². The van der Waals surface area contributed by atoms with E-state index in [2.05, 4.69) is 39.8 Å². The topological polar surface area (TPSA) is 54.9 Å². The van der Waals surface area contributed by atoms with E-state index in [4.69, 9.17) is 0 Å². The minimum absolute atomic E-state index is 0.0243. The smallest absolute Gasteiger partial charge is 0.230 e. The van der Waals surface area contributed by atoms with Gasteiger partial charge in [-0.3, -0.25) is 4.79 Å². The second kappa shape index (κ2) is 10.5. The summed E-state index contributed by atoms with van der Waals surface area (Å²) < 4.78 is 0. The molecule has 0 fully saturated rings. The summed E-state index contributed by atoms with van der Waals surface area (Å²) in [6.07, 6.45) is 0.743. The van der Waals surface area contributed by atoms with Crippen molar-refractivity contribution in [3.63, 3.8) is 0 Å². The maximum absolute atomic E-state index is 12.7. The second-order valence-electron chi connectivity index (χ2n) is 7.13. The number of carbonyl (C=O) groups is 1. The highest BCUT2D eigenvalue weighted by molar-refractivity contribution is 7.99. The number of hydrogen-bond donors (Lipinski definition) is 1. The van der Waals surface area contributed by atoms with Gasteiger partial charge in [-0.1, -0.05) is 103 Å². The molecule has 0 radical (unpaired) electrons. The predicted molar refractivity (Wildman–Crippen MR) is 126 cm³/mol. The summed E-state index contributed by atoms with van der Waals surface area (Å²) in [6, 6.07) is 34.0. The molecule has 0 aliphatic heterocycles. The number of thioether (sulfide) groups is 1. The highest BCUT2D eigenvalue weighted by Crippen LogP contribution is 2.21. The number of aromatic nitrogens is 2. The van der Waals surface area contributed by atoms with Crippen molar-refractivity contribution in [1.29, 1.82) is 0 Å². The monoisotopic (exact) mass is 425 g/mol. The second-order valence-corrected chi connectivity index (χ2v) is 8.13. The van der Waals surface area contributed by atoms with E-state index in [1.54, 1.807) is 0 Å². The number of rotatable bonds is 8. The lowest BCUT2D eigenvalue weighted by atomic mass is 9.99. The molecular weight excluding hydrogens is 402 g/mol. The molecule has 31 heavy (non-hydrogen) atoms. The molecule has 4 nitrogen and oxygen atoms in total. The molecule has 1 amide bonds. The largest absolute Gasteiger partial charge is 0.348 e. The van der Waals surface area contributed by atoms with Gasteiger partial charge in [0.05, 0.1) is 17.5 Å². The highest BCUT2D eigenvalue weighted by Gasteiger charge is 2.15. The summed E-state index contributed by atoms with van der Waals surface area (Å²) in [7, 11) is 0. The molecule has 1 atom stereocenters. The van der Waals surface area contributed by atoms with Crippen LogP contribution in [0.2, 0.25) is 0 Å². The van der Waals surface area contributed by atoms with Gasteiger partial charge in [0.1, 0.15) is 5.03 Å². The van der Waals surface area contributed by atoms with Gasteiger partial charge in [0.15, 0.2) is 0 Å². The van der Waals surface area contributed by atoms with E-state index in [1.165, 1.54) is 17.3 Å². The molecule has 1 aromatic heterocycles. The third-order valence-electron chi connectivity index (χ3n) is 4.88. The summed E-state index contributed by atoms with van der Waals surface area (Å²) in [5, 5.41) is 12.5. The van der Waals surface area contributed by atoms with Crippen molar-refractivity contribution < 1.29 is 4.79 Å². The van der Waals surface area contributed by atoms with Crippen molar-refractivity contribution in [3.8, 4) is 11.3 Å². The van der Waals surface area contributed by atoms with Crippen LogP contribution in [-0.2, 0) is 11.2 Å². The average molecular weight is 426 g/mol. The van der Waals surface area contributed by atoms with Gasteiger partial charge in [0, 0.05) is 5.56 Å². The molecule has 1 unspecified atom stereocenters. The van der Waals surface area contributed by atoms with Crippen molar-refractivity contribution in [1.82, 2.24) is 15.5 Å². The molecule has 0 saturated carbocycles. The van der Waals surface area contributed by atoms with E-state index in [9.17, 15) is 4.79 Å². The summed E-state index contributed by atoms with van der Waals surface area (Å²) in [4.78, 5) is 12.7. The van der Waals surface area contributed by atoms with Crippen molar-refractivity contribution in [2.45, 2.75) is 17.5 Å². The first-order valence-corrected chi connectivity index (χ1v) is 11.2. The lowest BCUT2D eigenvalue weighted by Crippen LogP contribution is -2.31. The van der Waals surface area contributed by atoms with Crippen LogP contribution in [0.15, 0.2) is 108 Å². The van der Waals surface area contributed by atoms with Gasteiger partial charge in [-0.25, -0.2) is 0 Å². The van der Waals surface area contributed by atoms with Gasteiger partial charge >= 0.3 is 0 Å². The first kappa shape index (κ1) is 20.8. The fourth-order valence-electron chi connectivity index (χ4n) is 3.32. The van der Waals surface area contributed by atoms with Crippen LogP contribution < -0.4 is 5.32 Å². The molecule has 1 N–H and O–H groups in total. The van der Waals surface area contributed by atoms with Crippen LogP contribution in [0, 0.1) is 0 Å². The van der Waals surface area contributed by atoms with Gasteiger partial charge in [-0.15, -0.1) is 10.2 Å². The molecule has 1 heterocycles. The van der Waals surface area contributed by atoms with E-state index in [0.717, 1.165) is 28.3 Å². The molecule has 4 rings (SSSR count). The van der Waals surface area contributed by atoms with E-state index < -0.39 is 0 Å². The maximum Gasteiger partial charge on any atom is 0.230 e. The Balaban J connectivity index is 1.37. The van der Waals surface area contributed by atoms with Gasteiger partial charge in [0.25, 0.3) is 0 Å². The fourth-order valence-corrected chi connectivity index (χ4v) is 3.95. The minimum atomic E-state index is -0.0803. The Morgan fingerprint density at radius 3 is 2.06 bits per heavy atom. The van der Waals surface area contributed by atoms with Gasteiger partial charge in [0.2, 0.25) is 5.91 Å². The summed E-state index contributed by atoms with van der Waals surface area (Å²) in [5.41, 5.74) is 4.13. The Labute approximate surface area is 186 Å². The zero-order valence-electron chi connectivity index (χ0n) is 17.0. The lowest BCUT2D eigenvalue weighted by molar-refractivity contribution is -0.119. The van der Waals surface area contributed by atoms with Gasteiger partial charge in [-0.2, -0.15) is 0 Å². The van der Waals surface area contributed by atoms with Crippen LogP contribution in [0.5, 0.6) is 0 Å². The Morgan fingerprint density at radius 1 is 0.774 bits per heavy atom. The van der Waals surface area contributed by atoms with Crippen molar-refractivity contribution in [2.75, 3.05) is 5.75 Å². The quantitative estimate of drug-likeness (QED) is 0.387. The zero-order valence-corrected chi connectivity index (χ0v) is 17.8. The zero-order chi connectivity index (χ0) is 21.3. The van der Waals surface area contributed by atoms with Crippen LogP contribution in [-0.4, -0.2) is 21.9 Å². The number of amides is 1. The summed E-state index contributed by atoms with van der Waals surface area (Å²) >= 11 is 1.39. The summed E-state index contributed by atoms with van der Waals surface area (Å²) in [5.74, 6) is 0.265. The standard InChI is InChI=1S/C26H23N3OS/c30-25(19-31-26-17-16-23(28-29-26)21-12-6-2-7-13-21)27-24(22-14-8-3-9-15-22)18-20-10-4-1-5-11-20/h1-17,24H,18-19H2,(H,27,30). The number of benzene rings is 3. The molecule has 0 spiro atoms. The first-order chi connectivity index (χ1) is 15.3. The SMILES string of the molecule is O=C(CSc1ccc(-c2ccccc2)nn1)NC(Cc1ccccc1)c1ccccc1. The molecule has 154 valence electrons. The van der Waals surface area contributed by atoms with E-state index in [1.807, 2.05) is 78.9 Å². The number of nitrogens with one attached hydrogen (secondary N) is 1. The third kappa shape index (κ3) is 6.03. The van der Waals surface area contributed by atoms with E-state index in [-0.39, 0.29) is 17.7 Å². The van der Waals surface area contributed by atoms with Crippen molar-refractivity contribution in [2.24, 2.45) is 0 Å². The lowest BCUT2D eigenvalue weighted by Gasteiger charge is -2.19. The molecule has 0 saturated heterocycles. The number of carbonyl (C=O) groups excluding carboxylic acids is 1. The number of hydrogen-bond acceptors (Lipinski definition) is 4. The van der Waals surface area contributed by atoms with E-state index >= 15 is 0 Å². The minimum Gasteiger partial charge on any atom is -0.348 e. The average Bonchev–Trinajstić information content (AvgIpc) is 2.84. The Hall–Kier alpha value is -3.44. The Bertz CT molecular complexity index is 1090. The number of nitrogens with zero attached hydrogens (tertiary/aromatic N) is 2. The molecule has 3 aromatic carbocycles. The third-order valence-corrected chi connectivity index (χ3v) is 5.80. The van der Waals surface area contributed by atoms with Crippen molar-refractivity contribution in [3.05, 3.63) is 114 Å². The Morgan fingerprint density at radius 2 is 1.42 bits per heavy atom. The molecular formula is C26H23N3OS. The van der Waals surface area contributed by atoms with Crippen LogP contribution in [0.3, 0.4) is 0 Å². The molecule has 0 bridgehead atoms. The van der Waals surface area contributed by atoms with Gasteiger partial charge in [-0.05, 0) is 29.7 Å². The van der Waals surface area contributed by atoms with Crippen molar-refractivity contribution >= 4 is 17.7 Å². The molecule has 0 aliphatic carbocycles. The Kier molecular flexibility index (Phi) is 7.08. The molecule has 5 heteroatoms.